The molecule has 1 aromatic rings. The van der Waals surface area contributed by atoms with Crippen LogP contribution in [-0.4, -0.2) is 54.1 Å². The molecule has 0 aliphatic carbocycles. The fraction of sp³-hybridized carbons (Fsp3) is 0.533. The van der Waals surface area contributed by atoms with Crippen molar-refractivity contribution in [2.45, 2.75) is 31.9 Å². The largest absolute Gasteiger partial charge is 0.487 e. The lowest BCUT2D eigenvalue weighted by Gasteiger charge is -2.23. The fourth-order valence-corrected chi connectivity index (χ4v) is 2.47. The van der Waals surface area contributed by atoms with Crippen molar-refractivity contribution < 1.29 is 14.3 Å². The molecule has 1 aromatic heterocycles. The van der Waals surface area contributed by atoms with E-state index < -0.39 is 6.04 Å². The molecule has 22 heavy (non-hydrogen) atoms. The van der Waals surface area contributed by atoms with E-state index in [4.69, 9.17) is 4.74 Å². The van der Waals surface area contributed by atoms with E-state index in [-0.39, 0.29) is 18.0 Å². The number of urea groups is 1. The van der Waals surface area contributed by atoms with E-state index in [1.807, 2.05) is 13.0 Å². The molecule has 0 bridgehead atoms. The van der Waals surface area contributed by atoms with Crippen LogP contribution in [-0.2, 0) is 4.79 Å². The van der Waals surface area contributed by atoms with Crippen molar-refractivity contribution in [1.82, 2.24) is 20.5 Å². The first kappa shape index (κ1) is 16.1. The van der Waals surface area contributed by atoms with Gasteiger partial charge in [0.2, 0.25) is 5.91 Å². The highest BCUT2D eigenvalue weighted by molar-refractivity contribution is 5.87. The monoisotopic (exact) mass is 306 g/mol. The molecule has 2 atom stereocenters. The van der Waals surface area contributed by atoms with Gasteiger partial charge in [0.05, 0.1) is 12.7 Å². The highest BCUT2D eigenvalue weighted by Gasteiger charge is 2.40. The predicted molar refractivity (Wildman–Crippen MR) is 81.5 cm³/mol. The summed E-state index contributed by atoms with van der Waals surface area (Å²) in [6.45, 7) is 2.95. The molecular formula is C15H22N4O3. The first-order valence-electron chi connectivity index (χ1n) is 7.48. The molecule has 0 saturated carbocycles. The second-order valence-corrected chi connectivity index (χ2v) is 5.18. The van der Waals surface area contributed by atoms with Gasteiger partial charge in [-0.1, -0.05) is 6.92 Å². The van der Waals surface area contributed by atoms with Gasteiger partial charge in [0, 0.05) is 26.2 Å². The van der Waals surface area contributed by atoms with Crippen LogP contribution < -0.4 is 15.4 Å². The fourth-order valence-electron chi connectivity index (χ4n) is 2.47. The van der Waals surface area contributed by atoms with E-state index in [2.05, 4.69) is 15.6 Å². The molecule has 1 fully saturated rings. The molecule has 120 valence electrons. The minimum Gasteiger partial charge on any atom is -0.487 e. The maximum Gasteiger partial charge on any atom is 0.318 e. The van der Waals surface area contributed by atoms with E-state index in [1.54, 1.807) is 25.5 Å². The van der Waals surface area contributed by atoms with E-state index in [1.165, 1.54) is 4.90 Å². The lowest BCUT2D eigenvalue weighted by Crippen LogP contribution is -2.49. The van der Waals surface area contributed by atoms with Gasteiger partial charge in [-0.25, -0.2) is 4.79 Å². The summed E-state index contributed by atoms with van der Waals surface area (Å²) in [5.74, 6) is 0.461. The van der Waals surface area contributed by atoms with Gasteiger partial charge in [0.1, 0.15) is 17.9 Å². The third-order valence-corrected chi connectivity index (χ3v) is 3.54. The topological polar surface area (TPSA) is 83.6 Å². The van der Waals surface area contributed by atoms with E-state index in [9.17, 15) is 9.59 Å². The highest BCUT2D eigenvalue weighted by Crippen LogP contribution is 2.23. The quantitative estimate of drug-likeness (QED) is 0.841. The average Bonchev–Trinajstić information content (AvgIpc) is 2.96. The number of pyridine rings is 1. The Morgan fingerprint density at radius 1 is 1.50 bits per heavy atom. The molecule has 0 unspecified atom stereocenters. The number of likely N-dealkylation sites (N-methyl/N-ethyl adjacent to an activating group) is 1. The van der Waals surface area contributed by atoms with Crippen LogP contribution in [0.15, 0.2) is 24.5 Å². The van der Waals surface area contributed by atoms with Gasteiger partial charge in [0.15, 0.2) is 0 Å². The molecule has 1 aliphatic rings. The number of carbonyl (C=O) groups is 2. The summed E-state index contributed by atoms with van der Waals surface area (Å²) in [4.78, 5) is 29.7. The van der Waals surface area contributed by atoms with Gasteiger partial charge >= 0.3 is 6.03 Å². The SMILES string of the molecule is CCCNC(=O)N1C[C@@H](Oc2cccnc2)C[C@@H]1C(=O)NC. The second kappa shape index (κ2) is 7.63. The summed E-state index contributed by atoms with van der Waals surface area (Å²) in [7, 11) is 1.57. The average molecular weight is 306 g/mol. The summed E-state index contributed by atoms with van der Waals surface area (Å²) in [5.41, 5.74) is 0. The number of ether oxygens (including phenoxy) is 1. The normalized spacial score (nSPS) is 20.5. The number of hydrogen-bond acceptors (Lipinski definition) is 4. The van der Waals surface area contributed by atoms with Gasteiger partial charge in [0.25, 0.3) is 0 Å². The molecule has 1 aliphatic heterocycles. The van der Waals surface area contributed by atoms with Crippen molar-refractivity contribution >= 4 is 11.9 Å². The van der Waals surface area contributed by atoms with Crippen molar-refractivity contribution in [2.24, 2.45) is 0 Å². The molecule has 2 rings (SSSR count). The van der Waals surface area contributed by atoms with E-state index in [0.717, 1.165) is 6.42 Å². The number of likely N-dealkylation sites (tertiary alicyclic amines) is 1. The molecule has 2 heterocycles. The van der Waals surface area contributed by atoms with Crippen molar-refractivity contribution in [2.75, 3.05) is 20.1 Å². The van der Waals surface area contributed by atoms with Crippen LogP contribution in [0.2, 0.25) is 0 Å². The summed E-state index contributed by atoms with van der Waals surface area (Å²) in [5, 5.41) is 5.41. The van der Waals surface area contributed by atoms with E-state index in [0.29, 0.717) is 25.3 Å². The molecule has 0 aromatic carbocycles. The van der Waals surface area contributed by atoms with Crippen molar-refractivity contribution in [3.05, 3.63) is 24.5 Å². The van der Waals surface area contributed by atoms with Crippen molar-refractivity contribution in [3.63, 3.8) is 0 Å². The highest BCUT2D eigenvalue weighted by atomic mass is 16.5. The first-order chi connectivity index (χ1) is 10.7. The van der Waals surface area contributed by atoms with Crippen LogP contribution in [0, 0.1) is 0 Å². The summed E-state index contributed by atoms with van der Waals surface area (Å²) >= 11 is 0. The molecule has 2 N–H and O–H groups in total. The Morgan fingerprint density at radius 2 is 2.32 bits per heavy atom. The first-order valence-corrected chi connectivity index (χ1v) is 7.48. The molecule has 7 heteroatoms. The number of amides is 3. The number of nitrogens with one attached hydrogen (secondary N) is 2. The molecular weight excluding hydrogens is 284 g/mol. The summed E-state index contributed by atoms with van der Waals surface area (Å²) in [6.07, 6.45) is 4.38. The van der Waals surface area contributed by atoms with Gasteiger partial charge in [-0.3, -0.25) is 9.78 Å². The number of nitrogens with zero attached hydrogens (tertiary/aromatic N) is 2. The summed E-state index contributed by atoms with van der Waals surface area (Å²) < 4.78 is 5.82. The Bertz CT molecular complexity index is 509. The van der Waals surface area contributed by atoms with Gasteiger partial charge in [-0.05, 0) is 18.6 Å². The molecule has 7 nitrogen and oxygen atoms in total. The maximum absolute atomic E-state index is 12.2. The summed E-state index contributed by atoms with van der Waals surface area (Å²) in [6, 6.07) is 2.85. The zero-order valence-corrected chi connectivity index (χ0v) is 12.9. The molecule has 1 saturated heterocycles. The van der Waals surface area contributed by atoms with Crippen molar-refractivity contribution in [3.8, 4) is 5.75 Å². The van der Waals surface area contributed by atoms with Gasteiger partial charge in [-0.15, -0.1) is 0 Å². The Morgan fingerprint density at radius 3 is 2.95 bits per heavy atom. The predicted octanol–water partition coefficient (Wildman–Crippen LogP) is 0.769. The second-order valence-electron chi connectivity index (χ2n) is 5.18. The Balaban J connectivity index is 2.04. The smallest absolute Gasteiger partial charge is 0.318 e. The Hall–Kier alpha value is -2.31. The van der Waals surface area contributed by atoms with Gasteiger partial charge in [-0.2, -0.15) is 0 Å². The lowest BCUT2D eigenvalue weighted by atomic mass is 10.2. The third-order valence-electron chi connectivity index (χ3n) is 3.54. The number of hydrogen-bond donors (Lipinski definition) is 2. The third kappa shape index (κ3) is 3.87. The molecule has 0 spiro atoms. The Kier molecular flexibility index (Phi) is 5.57. The van der Waals surface area contributed by atoms with Crippen LogP contribution in [0.5, 0.6) is 5.75 Å². The maximum atomic E-state index is 12.2. The molecule has 3 amide bonds. The number of aromatic nitrogens is 1. The molecule has 0 radical (unpaired) electrons. The van der Waals surface area contributed by atoms with Crippen molar-refractivity contribution in [1.29, 1.82) is 0 Å². The number of rotatable bonds is 5. The zero-order chi connectivity index (χ0) is 15.9. The van der Waals surface area contributed by atoms with Crippen LogP contribution >= 0.6 is 0 Å². The minimum atomic E-state index is -0.511. The van der Waals surface area contributed by atoms with Crippen LogP contribution in [0.25, 0.3) is 0 Å². The van der Waals surface area contributed by atoms with Crippen LogP contribution in [0.1, 0.15) is 19.8 Å². The minimum absolute atomic E-state index is 0.177. The van der Waals surface area contributed by atoms with Gasteiger partial charge < -0.3 is 20.3 Å². The lowest BCUT2D eigenvalue weighted by molar-refractivity contribution is -0.124. The van der Waals surface area contributed by atoms with Crippen LogP contribution in [0.3, 0.4) is 0 Å². The number of carbonyl (C=O) groups excluding carboxylic acids is 2. The Labute approximate surface area is 130 Å². The zero-order valence-electron chi connectivity index (χ0n) is 12.9. The standard InChI is InChI=1S/C15H22N4O3/c1-3-6-18-15(21)19-10-12(8-13(19)14(20)16-2)22-11-5-4-7-17-9-11/h4-5,7,9,12-13H,3,6,8,10H2,1-2H3,(H,16,20)(H,18,21)/t12-,13+/m0/s1. The van der Waals surface area contributed by atoms with Crippen LogP contribution in [0.4, 0.5) is 4.79 Å². The van der Waals surface area contributed by atoms with E-state index >= 15 is 0 Å².